The molecular weight excluding hydrogens is 344 g/mol. The summed E-state index contributed by atoms with van der Waals surface area (Å²) in [4.78, 5) is 17.8. The molecule has 1 amide bonds. The lowest BCUT2D eigenvalue weighted by Crippen LogP contribution is -2.50. The number of H-pyrrole nitrogens is 1. The van der Waals surface area contributed by atoms with Gasteiger partial charge >= 0.3 is 6.09 Å². The SMILES string of the molecule is Cc1[nH]c2c(Br)ccc3c2c1CCN1C(=O)OC(C)(C)C31C. The third-order valence-electron chi connectivity index (χ3n) is 5.61. The Morgan fingerprint density at radius 1 is 1.32 bits per heavy atom. The van der Waals surface area contributed by atoms with Crippen LogP contribution >= 0.6 is 15.9 Å². The van der Waals surface area contributed by atoms with E-state index in [9.17, 15) is 4.79 Å². The lowest BCUT2D eigenvalue weighted by Gasteiger charge is -2.40. The van der Waals surface area contributed by atoms with Crippen LogP contribution in [-0.2, 0) is 16.7 Å². The van der Waals surface area contributed by atoms with Gasteiger partial charge in [0.25, 0.3) is 0 Å². The molecule has 1 aromatic heterocycles. The molecule has 2 aromatic rings. The van der Waals surface area contributed by atoms with Gasteiger partial charge in [-0.25, -0.2) is 4.79 Å². The fourth-order valence-electron chi connectivity index (χ4n) is 4.07. The van der Waals surface area contributed by atoms with Gasteiger partial charge < -0.3 is 9.72 Å². The number of halogens is 1. The van der Waals surface area contributed by atoms with Crippen molar-refractivity contribution in [3.8, 4) is 0 Å². The maximum absolute atomic E-state index is 12.4. The molecule has 1 N–H and O–H groups in total. The van der Waals surface area contributed by atoms with Crippen molar-refractivity contribution in [3.05, 3.63) is 33.4 Å². The predicted octanol–water partition coefficient (Wildman–Crippen LogP) is 4.24. The van der Waals surface area contributed by atoms with Crippen LogP contribution in [0.3, 0.4) is 0 Å². The predicted molar refractivity (Wildman–Crippen MR) is 89.1 cm³/mol. The van der Waals surface area contributed by atoms with E-state index in [0.29, 0.717) is 6.54 Å². The first-order valence-corrected chi connectivity index (χ1v) is 8.37. The van der Waals surface area contributed by atoms with Crippen LogP contribution in [0, 0.1) is 6.92 Å². The van der Waals surface area contributed by atoms with E-state index in [1.165, 1.54) is 22.2 Å². The number of aromatic nitrogens is 1. The molecule has 116 valence electrons. The van der Waals surface area contributed by atoms with Crippen LogP contribution in [0.15, 0.2) is 16.6 Å². The minimum Gasteiger partial charge on any atom is -0.440 e. The normalized spacial score (nSPS) is 26.0. The summed E-state index contributed by atoms with van der Waals surface area (Å²) < 4.78 is 6.76. The van der Waals surface area contributed by atoms with E-state index in [0.717, 1.165) is 16.4 Å². The molecule has 2 aliphatic heterocycles. The molecule has 5 heteroatoms. The summed E-state index contributed by atoms with van der Waals surface area (Å²) in [7, 11) is 0. The number of nitrogens with zero attached hydrogens (tertiary/aromatic N) is 1. The number of carbonyl (C=O) groups is 1. The number of fused-ring (bicyclic) bond motifs is 2. The number of amides is 1. The number of ether oxygens (including phenoxy) is 1. The van der Waals surface area contributed by atoms with Crippen LogP contribution in [0.4, 0.5) is 4.79 Å². The number of nitrogens with one attached hydrogen (secondary N) is 1. The van der Waals surface area contributed by atoms with Gasteiger partial charge in [-0.1, -0.05) is 6.07 Å². The van der Waals surface area contributed by atoms with Crippen molar-refractivity contribution in [2.45, 2.75) is 45.3 Å². The molecule has 0 aliphatic carbocycles. The number of carbonyl (C=O) groups excluding carboxylic acids is 1. The molecule has 1 saturated heterocycles. The number of hydrogen-bond acceptors (Lipinski definition) is 2. The van der Waals surface area contributed by atoms with Gasteiger partial charge in [0.15, 0.2) is 0 Å². The molecule has 0 saturated carbocycles. The highest BCUT2D eigenvalue weighted by Crippen LogP contribution is 2.51. The van der Waals surface area contributed by atoms with Crippen molar-refractivity contribution in [3.63, 3.8) is 0 Å². The largest absolute Gasteiger partial charge is 0.440 e. The Morgan fingerprint density at radius 3 is 2.77 bits per heavy atom. The van der Waals surface area contributed by atoms with Gasteiger partial charge in [0, 0.05) is 22.1 Å². The summed E-state index contributed by atoms with van der Waals surface area (Å²) in [5.41, 5.74) is 3.73. The van der Waals surface area contributed by atoms with Crippen molar-refractivity contribution < 1.29 is 9.53 Å². The van der Waals surface area contributed by atoms with E-state index in [1.807, 2.05) is 18.7 Å². The zero-order chi connectivity index (χ0) is 15.9. The Kier molecular flexibility index (Phi) is 2.62. The van der Waals surface area contributed by atoms with Crippen LogP contribution in [0.5, 0.6) is 0 Å². The number of aryl methyl sites for hydroxylation is 1. The molecule has 0 spiro atoms. The smallest absolute Gasteiger partial charge is 0.411 e. The highest BCUT2D eigenvalue weighted by Gasteiger charge is 2.59. The van der Waals surface area contributed by atoms with E-state index in [-0.39, 0.29) is 6.09 Å². The highest BCUT2D eigenvalue weighted by molar-refractivity contribution is 9.10. The van der Waals surface area contributed by atoms with Crippen molar-refractivity contribution in [1.29, 1.82) is 0 Å². The van der Waals surface area contributed by atoms with Gasteiger partial charge in [-0.15, -0.1) is 0 Å². The molecule has 1 atom stereocenters. The minimum absolute atomic E-state index is 0.213. The van der Waals surface area contributed by atoms with Gasteiger partial charge in [0.1, 0.15) is 11.1 Å². The number of hydrogen-bond donors (Lipinski definition) is 1. The molecule has 4 rings (SSSR count). The first-order valence-electron chi connectivity index (χ1n) is 7.58. The highest BCUT2D eigenvalue weighted by atomic mass is 79.9. The number of benzene rings is 1. The molecule has 1 unspecified atom stereocenters. The van der Waals surface area contributed by atoms with Crippen molar-refractivity contribution in [1.82, 2.24) is 9.88 Å². The maximum atomic E-state index is 12.4. The Hall–Kier alpha value is -1.49. The average Bonchev–Trinajstić information content (AvgIpc) is 2.77. The third-order valence-corrected chi connectivity index (χ3v) is 6.27. The van der Waals surface area contributed by atoms with Gasteiger partial charge in [-0.2, -0.15) is 0 Å². The van der Waals surface area contributed by atoms with Crippen molar-refractivity contribution in [2.75, 3.05) is 6.54 Å². The summed E-state index contributed by atoms with van der Waals surface area (Å²) in [5, 5.41) is 1.24. The molecular formula is C17H19BrN2O2. The molecule has 1 fully saturated rings. The van der Waals surface area contributed by atoms with Crippen LogP contribution in [0.25, 0.3) is 10.9 Å². The topological polar surface area (TPSA) is 45.3 Å². The molecule has 1 aromatic carbocycles. The minimum atomic E-state index is -0.572. The zero-order valence-electron chi connectivity index (χ0n) is 13.2. The van der Waals surface area contributed by atoms with Gasteiger partial charge in [-0.05, 0) is 67.2 Å². The summed E-state index contributed by atoms with van der Waals surface area (Å²) >= 11 is 3.64. The van der Waals surface area contributed by atoms with Gasteiger partial charge in [-0.3, -0.25) is 4.90 Å². The Labute approximate surface area is 137 Å². The molecule has 0 radical (unpaired) electrons. The van der Waals surface area contributed by atoms with Gasteiger partial charge in [0.05, 0.1) is 5.52 Å². The molecule has 2 aliphatic rings. The number of aromatic amines is 1. The number of cyclic esters (lactones) is 1. The molecule has 3 heterocycles. The van der Waals surface area contributed by atoms with E-state index in [2.05, 4.69) is 46.9 Å². The monoisotopic (exact) mass is 362 g/mol. The first-order chi connectivity index (χ1) is 10.3. The summed E-state index contributed by atoms with van der Waals surface area (Å²) in [5.74, 6) is 0. The Morgan fingerprint density at radius 2 is 2.05 bits per heavy atom. The fraction of sp³-hybridized carbons (Fsp3) is 0.471. The molecule has 22 heavy (non-hydrogen) atoms. The van der Waals surface area contributed by atoms with E-state index in [4.69, 9.17) is 4.74 Å². The summed E-state index contributed by atoms with van der Waals surface area (Å²) in [6.45, 7) is 8.91. The summed E-state index contributed by atoms with van der Waals surface area (Å²) in [6, 6.07) is 4.19. The van der Waals surface area contributed by atoms with Crippen molar-refractivity contribution in [2.24, 2.45) is 0 Å². The quantitative estimate of drug-likeness (QED) is 0.761. The molecule has 4 nitrogen and oxygen atoms in total. The van der Waals surface area contributed by atoms with Crippen LogP contribution in [0.2, 0.25) is 0 Å². The molecule has 0 bridgehead atoms. The number of rotatable bonds is 0. The second-order valence-electron chi connectivity index (χ2n) is 6.93. The second-order valence-corrected chi connectivity index (χ2v) is 7.78. The van der Waals surface area contributed by atoms with Crippen LogP contribution in [-0.4, -0.2) is 28.1 Å². The lowest BCUT2D eigenvalue weighted by molar-refractivity contribution is 0.0242. The van der Waals surface area contributed by atoms with Crippen molar-refractivity contribution >= 4 is 32.9 Å². The van der Waals surface area contributed by atoms with Crippen LogP contribution < -0.4 is 0 Å². The van der Waals surface area contributed by atoms with E-state index in [1.54, 1.807) is 0 Å². The third kappa shape index (κ3) is 1.45. The Balaban J connectivity index is 2.14. The summed E-state index contributed by atoms with van der Waals surface area (Å²) in [6.07, 6.45) is 0.631. The maximum Gasteiger partial charge on any atom is 0.411 e. The van der Waals surface area contributed by atoms with Crippen LogP contribution in [0.1, 0.15) is 37.6 Å². The Bertz CT molecular complexity index is 824. The second kappa shape index (κ2) is 4.07. The average molecular weight is 363 g/mol. The zero-order valence-corrected chi connectivity index (χ0v) is 14.8. The van der Waals surface area contributed by atoms with E-state index >= 15 is 0 Å². The van der Waals surface area contributed by atoms with Gasteiger partial charge in [0.2, 0.25) is 0 Å². The first kappa shape index (κ1) is 14.1. The standard InChI is InChI=1S/C17H19BrN2O2/c1-9-10-7-8-20-15(21)22-16(2,3)17(20,4)11-5-6-12(18)14(19-9)13(10)11/h5-6,19H,7-8H2,1-4H3. The van der Waals surface area contributed by atoms with E-state index < -0.39 is 11.1 Å². The fourth-order valence-corrected chi connectivity index (χ4v) is 4.50. The lowest BCUT2D eigenvalue weighted by atomic mass is 9.76.